The van der Waals surface area contributed by atoms with Crippen LogP contribution < -0.4 is 0 Å². The lowest BCUT2D eigenvalue weighted by Gasteiger charge is -2.44. The fourth-order valence-corrected chi connectivity index (χ4v) is 7.13. The molecule has 0 N–H and O–H groups in total. The predicted octanol–water partition coefficient (Wildman–Crippen LogP) is 8.11. The second-order valence-corrected chi connectivity index (χ2v) is 11.2. The first kappa shape index (κ1) is 26.3. The van der Waals surface area contributed by atoms with E-state index in [4.69, 9.17) is 9.47 Å². The highest BCUT2D eigenvalue weighted by Crippen LogP contribution is 2.59. The van der Waals surface area contributed by atoms with Crippen LogP contribution in [0.1, 0.15) is 92.9 Å². The maximum Gasteiger partial charge on any atom is 0.222 e. The first-order valence-electron chi connectivity index (χ1n) is 13.6. The highest BCUT2D eigenvalue weighted by Gasteiger charge is 2.50. The highest BCUT2D eigenvalue weighted by molar-refractivity contribution is 5.37. The predicted molar refractivity (Wildman–Crippen MR) is 140 cm³/mol. The largest absolute Gasteiger partial charge is 0.342 e. The van der Waals surface area contributed by atoms with Crippen LogP contribution in [0.3, 0.4) is 0 Å². The number of hydrogen-bond donors (Lipinski definition) is 0. The molecule has 0 amide bonds. The molecule has 1 unspecified atom stereocenters. The van der Waals surface area contributed by atoms with E-state index in [1.165, 1.54) is 56.1 Å². The van der Waals surface area contributed by atoms with Crippen molar-refractivity contribution in [1.29, 1.82) is 0 Å². The van der Waals surface area contributed by atoms with Crippen LogP contribution >= 0.6 is 0 Å². The van der Waals surface area contributed by atoms with Gasteiger partial charge in [0.1, 0.15) is 0 Å². The Kier molecular flexibility index (Phi) is 9.49. The monoisotopic (exact) mass is 452 g/mol. The zero-order chi connectivity index (χ0) is 24.0. The summed E-state index contributed by atoms with van der Waals surface area (Å²) in [6.07, 6.45) is 14.6. The quantitative estimate of drug-likeness (QED) is 0.287. The summed E-state index contributed by atoms with van der Waals surface area (Å²) in [7, 11) is 0. The minimum Gasteiger partial charge on any atom is -0.342 e. The molecular formula is C31H48O2. The van der Waals surface area contributed by atoms with Crippen molar-refractivity contribution in [2.24, 2.45) is 35.0 Å². The van der Waals surface area contributed by atoms with Crippen molar-refractivity contribution in [2.45, 2.75) is 99.2 Å². The molecule has 0 saturated heterocycles. The SMILES string of the molecule is C=C1/C(=C\C=C2/CCC[C@]3(C)[C@@H](C(C)CC#CC(OCC)OCC)CC[C@@H]23)C[C@@H](C)C[C@@H]1C. The maximum absolute atomic E-state index is 5.59. The summed E-state index contributed by atoms with van der Waals surface area (Å²) >= 11 is 0. The van der Waals surface area contributed by atoms with Crippen LogP contribution in [0.15, 0.2) is 35.5 Å². The van der Waals surface area contributed by atoms with Crippen molar-refractivity contribution < 1.29 is 9.47 Å². The summed E-state index contributed by atoms with van der Waals surface area (Å²) in [4.78, 5) is 0. The van der Waals surface area contributed by atoms with Gasteiger partial charge in [0.05, 0.1) is 0 Å². The lowest BCUT2D eigenvalue weighted by molar-refractivity contribution is -0.0970. The van der Waals surface area contributed by atoms with Crippen molar-refractivity contribution in [1.82, 2.24) is 0 Å². The third kappa shape index (κ3) is 6.23. The maximum atomic E-state index is 5.59. The topological polar surface area (TPSA) is 18.5 Å². The second kappa shape index (κ2) is 11.9. The van der Waals surface area contributed by atoms with E-state index in [2.05, 4.69) is 58.3 Å². The van der Waals surface area contributed by atoms with Gasteiger partial charge in [0.25, 0.3) is 0 Å². The summed E-state index contributed by atoms with van der Waals surface area (Å²) in [5.74, 6) is 10.1. The number of allylic oxidation sites excluding steroid dienone is 5. The number of rotatable bonds is 7. The minimum absolute atomic E-state index is 0.378. The molecule has 3 aliphatic rings. The molecule has 3 fully saturated rings. The van der Waals surface area contributed by atoms with E-state index >= 15 is 0 Å². The molecule has 2 nitrogen and oxygen atoms in total. The Balaban J connectivity index is 1.69. The van der Waals surface area contributed by atoms with Crippen molar-refractivity contribution in [2.75, 3.05) is 13.2 Å². The Bertz CT molecular complexity index is 787. The molecule has 0 radical (unpaired) electrons. The molecule has 0 aromatic heterocycles. The summed E-state index contributed by atoms with van der Waals surface area (Å²) < 4.78 is 11.2. The summed E-state index contributed by atoms with van der Waals surface area (Å²) in [6.45, 7) is 19.4. The zero-order valence-electron chi connectivity index (χ0n) is 22.2. The van der Waals surface area contributed by atoms with E-state index < -0.39 is 0 Å². The van der Waals surface area contributed by atoms with E-state index in [1.54, 1.807) is 5.57 Å². The van der Waals surface area contributed by atoms with E-state index in [1.807, 2.05) is 13.8 Å². The van der Waals surface area contributed by atoms with Crippen LogP contribution in [0.2, 0.25) is 0 Å². The fourth-order valence-electron chi connectivity index (χ4n) is 7.13. The van der Waals surface area contributed by atoms with Crippen LogP contribution in [0.4, 0.5) is 0 Å². The lowest BCUT2D eigenvalue weighted by Crippen LogP contribution is -2.35. The first-order valence-corrected chi connectivity index (χ1v) is 13.6. The normalized spacial score (nSPS) is 35.5. The number of hydrogen-bond acceptors (Lipinski definition) is 2. The third-order valence-corrected chi connectivity index (χ3v) is 8.84. The number of ether oxygens (including phenoxy) is 2. The van der Waals surface area contributed by atoms with Gasteiger partial charge in [-0.05, 0) is 111 Å². The number of fused-ring (bicyclic) bond motifs is 1. The van der Waals surface area contributed by atoms with Gasteiger partial charge in [-0.3, -0.25) is 0 Å². The zero-order valence-corrected chi connectivity index (χ0v) is 22.2. The van der Waals surface area contributed by atoms with Gasteiger partial charge < -0.3 is 9.47 Å². The molecule has 0 bridgehead atoms. The Morgan fingerprint density at radius 2 is 1.88 bits per heavy atom. The molecule has 33 heavy (non-hydrogen) atoms. The average molecular weight is 453 g/mol. The molecule has 0 spiro atoms. The Hall–Kier alpha value is -1.30. The van der Waals surface area contributed by atoms with Crippen molar-refractivity contribution >= 4 is 0 Å². The molecule has 0 aromatic carbocycles. The van der Waals surface area contributed by atoms with E-state index in [0.29, 0.717) is 30.5 Å². The van der Waals surface area contributed by atoms with Crippen molar-refractivity contribution in [3.63, 3.8) is 0 Å². The summed E-state index contributed by atoms with van der Waals surface area (Å²) in [6, 6.07) is 0. The van der Waals surface area contributed by atoms with Gasteiger partial charge in [0, 0.05) is 19.6 Å². The van der Waals surface area contributed by atoms with E-state index in [0.717, 1.165) is 24.2 Å². The van der Waals surface area contributed by atoms with Gasteiger partial charge in [0.2, 0.25) is 6.29 Å². The Labute approximate surface area is 204 Å². The summed E-state index contributed by atoms with van der Waals surface area (Å²) in [5.41, 5.74) is 4.98. The highest BCUT2D eigenvalue weighted by atomic mass is 16.7. The molecule has 2 heteroatoms. The Morgan fingerprint density at radius 3 is 2.58 bits per heavy atom. The van der Waals surface area contributed by atoms with E-state index in [9.17, 15) is 0 Å². The van der Waals surface area contributed by atoms with Crippen LogP contribution in [0.5, 0.6) is 0 Å². The van der Waals surface area contributed by atoms with E-state index in [-0.39, 0.29) is 6.29 Å². The second-order valence-electron chi connectivity index (χ2n) is 11.2. The molecule has 3 rings (SSSR count). The standard InChI is InChI=1S/C31H48O2/c1-8-32-30(33-9-2)14-10-12-23(4)28-17-18-29-26(13-11-19-31(28,29)7)15-16-27-21-22(3)20-24(5)25(27)6/h15-16,22-24,28-30H,6,8-9,11-13,17-21H2,1-5,7H3/b26-15+,27-16-/t22-,23?,24-,28+,29-,31+/m0/s1. The van der Waals surface area contributed by atoms with Gasteiger partial charge in [-0.2, -0.15) is 0 Å². The van der Waals surface area contributed by atoms with Crippen molar-refractivity contribution in [3.05, 3.63) is 35.5 Å². The minimum atomic E-state index is -0.378. The van der Waals surface area contributed by atoms with Crippen molar-refractivity contribution in [3.8, 4) is 11.8 Å². The van der Waals surface area contributed by atoms with Gasteiger partial charge in [0.15, 0.2) is 0 Å². The average Bonchev–Trinajstić information content (AvgIpc) is 3.13. The van der Waals surface area contributed by atoms with Crippen LogP contribution in [0, 0.1) is 46.8 Å². The summed E-state index contributed by atoms with van der Waals surface area (Å²) in [5, 5.41) is 0. The molecule has 0 heterocycles. The molecular weight excluding hydrogens is 404 g/mol. The Morgan fingerprint density at radius 1 is 1.15 bits per heavy atom. The third-order valence-electron chi connectivity index (χ3n) is 8.84. The molecule has 184 valence electrons. The molecule has 0 aromatic rings. The first-order chi connectivity index (χ1) is 15.8. The molecule has 3 saturated carbocycles. The van der Waals surface area contributed by atoms with Gasteiger partial charge >= 0.3 is 0 Å². The molecule has 6 atom stereocenters. The molecule has 0 aliphatic heterocycles. The smallest absolute Gasteiger partial charge is 0.222 e. The van der Waals surface area contributed by atoms with Gasteiger partial charge in [-0.15, -0.1) is 0 Å². The van der Waals surface area contributed by atoms with Gasteiger partial charge in [-0.25, -0.2) is 0 Å². The van der Waals surface area contributed by atoms with Gasteiger partial charge in [-0.1, -0.05) is 57.9 Å². The fraction of sp³-hybridized carbons (Fsp3) is 0.742. The van der Waals surface area contributed by atoms with Crippen LogP contribution in [0.25, 0.3) is 0 Å². The molecule has 3 aliphatic carbocycles. The van der Waals surface area contributed by atoms with Crippen LogP contribution in [-0.2, 0) is 9.47 Å². The lowest BCUT2D eigenvalue weighted by atomic mass is 9.61. The van der Waals surface area contributed by atoms with Crippen LogP contribution in [-0.4, -0.2) is 19.5 Å².